The highest BCUT2D eigenvalue weighted by Crippen LogP contribution is 2.30. The number of aromatic nitrogens is 2. The van der Waals surface area contributed by atoms with Gasteiger partial charge < -0.3 is 15.4 Å². The predicted octanol–water partition coefficient (Wildman–Crippen LogP) is 5.38. The second-order valence-electron chi connectivity index (χ2n) is 5.55. The summed E-state index contributed by atoms with van der Waals surface area (Å²) in [5, 5.41) is 6.02. The van der Waals surface area contributed by atoms with E-state index in [1.807, 2.05) is 31.2 Å². The van der Waals surface area contributed by atoms with E-state index in [1.54, 1.807) is 12.3 Å². The minimum Gasteiger partial charge on any atom is -0.494 e. The Morgan fingerprint density at radius 2 is 1.52 bits per heavy atom. The summed E-state index contributed by atoms with van der Waals surface area (Å²) < 4.78 is 43.2. The first-order valence-electron chi connectivity index (χ1n) is 8.21. The van der Waals surface area contributed by atoms with Crippen LogP contribution in [0.3, 0.4) is 0 Å². The summed E-state index contributed by atoms with van der Waals surface area (Å²) in [7, 11) is 0. The average molecular weight is 374 g/mol. The first-order chi connectivity index (χ1) is 12.9. The van der Waals surface area contributed by atoms with Crippen LogP contribution >= 0.6 is 0 Å². The van der Waals surface area contributed by atoms with Gasteiger partial charge in [-0.3, -0.25) is 0 Å². The van der Waals surface area contributed by atoms with Crippen molar-refractivity contribution < 1.29 is 17.9 Å². The molecule has 1 heterocycles. The van der Waals surface area contributed by atoms with E-state index < -0.39 is 11.7 Å². The molecule has 0 aliphatic heterocycles. The van der Waals surface area contributed by atoms with E-state index in [2.05, 4.69) is 20.6 Å². The van der Waals surface area contributed by atoms with E-state index in [4.69, 9.17) is 4.74 Å². The van der Waals surface area contributed by atoms with Gasteiger partial charge in [0.1, 0.15) is 11.6 Å². The number of nitrogens with one attached hydrogen (secondary N) is 2. The second kappa shape index (κ2) is 7.94. The third-order valence-corrected chi connectivity index (χ3v) is 3.56. The number of halogens is 3. The van der Waals surface area contributed by atoms with Crippen LogP contribution in [0.15, 0.2) is 60.8 Å². The van der Waals surface area contributed by atoms with Crippen molar-refractivity contribution in [3.8, 4) is 5.75 Å². The lowest BCUT2D eigenvalue weighted by Gasteiger charge is -2.10. The Morgan fingerprint density at radius 1 is 0.889 bits per heavy atom. The lowest BCUT2D eigenvalue weighted by Crippen LogP contribution is -2.05. The summed E-state index contributed by atoms with van der Waals surface area (Å²) in [6.45, 7) is 2.50. The highest BCUT2D eigenvalue weighted by Gasteiger charge is 2.29. The van der Waals surface area contributed by atoms with Gasteiger partial charge in [-0.25, -0.2) is 4.98 Å². The Bertz CT molecular complexity index is 881. The zero-order valence-electron chi connectivity index (χ0n) is 14.4. The van der Waals surface area contributed by atoms with Crippen molar-refractivity contribution >= 4 is 23.1 Å². The van der Waals surface area contributed by atoms with E-state index in [-0.39, 0.29) is 0 Å². The van der Waals surface area contributed by atoms with Crippen molar-refractivity contribution in [2.75, 3.05) is 17.2 Å². The summed E-state index contributed by atoms with van der Waals surface area (Å²) in [4.78, 5) is 8.45. The predicted molar refractivity (Wildman–Crippen MR) is 97.7 cm³/mol. The van der Waals surface area contributed by atoms with Gasteiger partial charge in [-0.1, -0.05) is 0 Å². The average Bonchev–Trinajstić information content (AvgIpc) is 2.64. The number of anilines is 4. The third-order valence-electron chi connectivity index (χ3n) is 3.56. The molecule has 0 atom stereocenters. The highest BCUT2D eigenvalue weighted by atomic mass is 19.4. The smallest absolute Gasteiger partial charge is 0.416 e. The molecule has 8 heteroatoms. The van der Waals surface area contributed by atoms with Crippen LogP contribution in [-0.4, -0.2) is 16.6 Å². The molecule has 2 N–H and O–H groups in total. The Morgan fingerprint density at radius 3 is 2.15 bits per heavy atom. The van der Waals surface area contributed by atoms with Gasteiger partial charge >= 0.3 is 6.18 Å². The van der Waals surface area contributed by atoms with Crippen molar-refractivity contribution in [3.05, 3.63) is 66.4 Å². The van der Waals surface area contributed by atoms with E-state index in [9.17, 15) is 13.2 Å². The molecule has 0 radical (unpaired) electrons. The largest absolute Gasteiger partial charge is 0.494 e. The summed E-state index contributed by atoms with van der Waals surface area (Å²) in [6.07, 6.45) is -2.81. The van der Waals surface area contributed by atoms with Gasteiger partial charge in [0.05, 0.1) is 12.2 Å². The molecule has 0 aliphatic rings. The van der Waals surface area contributed by atoms with Crippen LogP contribution in [-0.2, 0) is 6.18 Å². The molecule has 0 spiro atoms. The van der Waals surface area contributed by atoms with Crippen LogP contribution in [0.4, 0.5) is 36.3 Å². The SMILES string of the molecule is CCOc1ccc(Nc2nccc(Nc3ccc(C(F)(F)F)cc3)n2)cc1. The van der Waals surface area contributed by atoms with E-state index >= 15 is 0 Å². The minimum atomic E-state index is -4.36. The minimum absolute atomic E-state index is 0.357. The second-order valence-corrected chi connectivity index (χ2v) is 5.55. The maximum absolute atomic E-state index is 12.6. The van der Waals surface area contributed by atoms with Gasteiger partial charge in [0, 0.05) is 17.6 Å². The zero-order chi connectivity index (χ0) is 19.3. The van der Waals surface area contributed by atoms with Crippen LogP contribution < -0.4 is 15.4 Å². The van der Waals surface area contributed by atoms with Crippen LogP contribution in [0.25, 0.3) is 0 Å². The Labute approximate surface area is 154 Å². The fourth-order valence-corrected chi connectivity index (χ4v) is 2.31. The molecule has 3 rings (SSSR count). The fourth-order valence-electron chi connectivity index (χ4n) is 2.31. The number of ether oxygens (including phenoxy) is 1. The number of rotatable bonds is 6. The van der Waals surface area contributed by atoms with Crippen molar-refractivity contribution in [2.45, 2.75) is 13.1 Å². The first-order valence-corrected chi connectivity index (χ1v) is 8.21. The van der Waals surface area contributed by atoms with Crippen LogP contribution in [0, 0.1) is 0 Å². The monoisotopic (exact) mass is 374 g/mol. The van der Waals surface area contributed by atoms with E-state index in [1.165, 1.54) is 12.1 Å². The van der Waals surface area contributed by atoms with Gasteiger partial charge in [0.25, 0.3) is 0 Å². The van der Waals surface area contributed by atoms with Gasteiger partial charge in [-0.15, -0.1) is 0 Å². The first kappa shape index (κ1) is 18.5. The Hall–Kier alpha value is -3.29. The molecule has 0 unspecified atom stereocenters. The van der Waals surface area contributed by atoms with Crippen molar-refractivity contribution in [2.24, 2.45) is 0 Å². The van der Waals surface area contributed by atoms with Crippen LogP contribution in [0.2, 0.25) is 0 Å². The summed E-state index contributed by atoms with van der Waals surface area (Å²) >= 11 is 0. The Kier molecular flexibility index (Phi) is 5.44. The lowest BCUT2D eigenvalue weighted by molar-refractivity contribution is -0.137. The number of benzene rings is 2. The van der Waals surface area contributed by atoms with Gasteiger partial charge in [0.2, 0.25) is 5.95 Å². The maximum atomic E-state index is 12.6. The van der Waals surface area contributed by atoms with E-state index in [0.29, 0.717) is 24.1 Å². The number of hydrogen-bond donors (Lipinski definition) is 2. The standard InChI is InChI=1S/C19H17F3N4O/c1-2-27-16-9-7-15(8-10-16)25-18-23-12-11-17(26-18)24-14-5-3-13(4-6-14)19(20,21)22/h3-12H,2H2,1H3,(H2,23,24,25,26). The fraction of sp³-hybridized carbons (Fsp3) is 0.158. The molecule has 0 saturated carbocycles. The van der Waals surface area contributed by atoms with E-state index in [0.717, 1.165) is 23.6 Å². The molecule has 0 amide bonds. The zero-order valence-corrected chi connectivity index (χ0v) is 14.4. The number of nitrogens with zero attached hydrogens (tertiary/aromatic N) is 2. The topological polar surface area (TPSA) is 59.1 Å². The molecule has 5 nitrogen and oxygen atoms in total. The molecule has 0 aliphatic carbocycles. The molecule has 140 valence electrons. The molecule has 0 bridgehead atoms. The quantitative estimate of drug-likeness (QED) is 0.606. The van der Waals surface area contributed by atoms with Crippen molar-refractivity contribution in [1.29, 1.82) is 0 Å². The molecule has 27 heavy (non-hydrogen) atoms. The third kappa shape index (κ3) is 5.10. The summed E-state index contributed by atoms with van der Waals surface area (Å²) in [5.41, 5.74) is 0.576. The molecule has 3 aromatic rings. The van der Waals surface area contributed by atoms with Crippen LogP contribution in [0.1, 0.15) is 12.5 Å². The molecule has 2 aromatic carbocycles. The lowest BCUT2D eigenvalue weighted by atomic mass is 10.2. The molecule has 0 fully saturated rings. The highest BCUT2D eigenvalue weighted by molar-refractivity contribution is 5.60. The van der Waals surface area contributed by atoms with Gasteiger partial charge in [0.15, 0.2) is 0 Å². The molecular formula is C19H17F3N4O. The molecule has 0 saturated heterocycles. The summed E-state index contributed by atoms with van der Waals surface area (Å²) in [6, 6.07) is 13.7. The molecular weight excluding hydrogens is 357 g/mol. The van der Waals surface area contributed by atoms with Crippen molar-refractivity contribution in [1.82, 2.24) is 9.97 Å². The maximum Gasteiger partial charge on any atom is 0.416 e. The number of hydrogen-bond acceptors (Lipinski definition) is 5. The Balaban J connectivity index is 1.68. The summed E-state index contributed by atoms with van der Waals surface area (Å²) in [5.74, 6) is 1.58. The van der Waals surface area contributed by atoms with Gasteiger partial charge in [-0.05, 0) is 61.5 Å². The van der Waals surface area contributed by atoms with Gasteiger partial charge in [-0.2, -0.15) is 18.2 Å². The number of alkyl halides is 3. The van der Waals surface area contributed by atoms with Crippen molar-refractivity contribution in [3.63, 3.8) is 0 Å². The molecule has 1 aromatic heterocycles. The van der Waals surface area contributed by atoms with Crippen LogP contribution in [0.5, 0.6) is 5.75 Å². The normalized spacial score (nSPS) is 11.1.